The molecule has 31 heavy (non-hydrogen) atoms. The monoisotopic (exact) mass is 425 g/mol. The standard InChI is InChI=1S/C22H17F2N3O4/c1-12(28)14-3-6-21(22(9-14)27(30)31)26-18-8-15(7-17(11-18)25-13(2)29)19-5-4-16(23)10-20(19)24/h3-11,26H,1-2H3,(H,25,29). The van der Waals surface area contributed by atoms with E-state index in [-0.39, 0.29) is 34.2 Å². The molecule has 0 radical (unpaired) electrons. The lowest BCUT2D eigenvalue weighted by atomic mass is 10.0. The zero-order chi connectivity index (χ0) is 22.7. The highest BCUT2D eigenvalue weighted by molar-refractivity contribution is 5.96. The number of nitrogens with one attached hydrogen (secondary N) is 2. The molecule has 7 nitrogen and oxygen atoms in total. The number of benzene rings is 3. The average molecular weight is 425 g/mol. The van der Waals surface area contributed by atoms with E-state index in [0.29, 0.717) is 16.9 Å². The normalized spacial score (nSPS) is 10.5. The van der Waals surface area contributed by atoms with Crippen LogP contribution in [0.2, 0.25) is 0 Å². The Balaban J connectivity index is 2.10. The summed E-state index contributed by atoms with van der Waals surface area (Å²) in [6, 6.07) is 11.6. The Morgan fingerprint density at radius 2 is 1.65 bits per heavy atom. The number of carbonyl (C=O) groups excluding carboxylic acids is 2. The van der Waals surface area contributed by atoms with Crippen LogP contribution in [0.15, 0.2) is 54.6 Å². The van der Waals surface area contributed by atoms with Crippen molar-refractivity contribution in [2.75, 3.05) is 10.6 Å². The van der Waals surface area contributed by atoms with E-state index < -0.39 is 16.6 Å². The fraction of sp³-hybridized carbons (Fsp3) is 0.0909. The minimum absolute atomic E-state index is 0.0816. The number of ketones is 1. The summed E-state index contributed by atoms with van der Waals surface area (Å²) in [7, 11) is 0. The summed E-state index contributed by atoms with van der Waals surface area (Å²) >= 11 is 0. The Bertz CT molecular complexity index is 1210. The first-order valence-electron chi connectivity index (χ1n) is 9.08. The highest BCUT2D eigenvalue weighted by atomic mass is 19.1. The minimum Gasteiger partial charge on any atom is -0.350 e. The molecule has 0 fully saturated rings. The van der Waals surface area contributed by atoms with Crippen LogP contribution in [0.5, 0.6) is 0 Å². The van der Waals surface area contributed by atoms with Gasteiger partial charge < -0.3 is 10.6 Å². The summed E-state index contributed by atoms with van der Waals surface area (Å²) in [5.41, 5.74) is 0.959. The zero-order valence-corrected chi connectivity index (χ0v) is 16.5. The van der Waals surface area contributed by atoms with Gasteiger partial charge in [-0.1, -0.05) is 0 Å². The van der Waals surface area contributed by atoms with Gasteiger partial charge in [-0.25, -0.2) is 8.78 Å². The van der Waals surface area contributed by atoms with Crippen molar-refractivity contribution >= 4 is 34.4 Å². The molecular formula is C22H17F2N3O4. The molecule has 2 N–H and O–H groups in total. The molecule has 0 unspecified atom stereocenters. The van der Waals surface area contributed by atoms with E-state index in [0.717, 1.165) is 18.2 Å². The predicted octanol–water partition coefficient (Wildman–Crippen LogP) is 5.44. The minimum atomic E-state index is -0.803. The molecule has 0 bridgehead atoms. The number of hydrogen-bond acceptors (Lipinski definition) is 5. The van der Waals surface area contributed by atoms with Gasteiger partial charge in [-0.05, 0) is 55.0 Å². The topological polar surface area (TPSA) is 101 Å². The van der Waals surface area contributed by atoms with Crippen LogP contribution in [0.25, 0.3) is 11.1 Å². The molecule has 1 amide bonds. The highest BCUT2D eigenvalue weighted by Crippen LogP contribution is 2.34. The number of nitro groups is 1. The second-order valence-electron chi connectivity index (χ2n) is 6.77. The molecule has 158 valence electrons. The van der Waals surface area contributed by atoms with Gasteiger partial charge >= 0.3 is 0 Å². The maximum atomic E-state index is 14.3. The molecule has 0 heterocycles. The SMILES string of the molecule is CC(=O)Nc1cc(Nc2ccc(C(C)=O)cc2[N+](=O)[O-])cc(-c2ccc(F)cc2F)c1. The Kier molecular flexibility index (Phi) is 6.05. The molecule has 3 aromatic rings. The number of hydrogen-bond donors (Lipinski definition) is 2. The average Bonchev–Trinajstić information content (AvgIpc) is 2.67. The van der Waals surface area contributed by atoms with Crippen LogP contribution >= 0.6 is 0 Å². The number of amides is 1. The van der Waals surface area contributed by atoms with E-state index in [9.17, 15) is 28.5 Å². The van der Waals surface area contributed by atoms with E-state index in [1.165, 1.54) is 50.2 Å². The first-order valence-corrected chi connectivity index (χ1v) is 9.08. The number of anilines is 3. The molecular weight excluding hydrogens is 408 g/mol. The summed E-state index contributed by atoms with van der Waals surface area (Å²) in [6.45, 7) is 2.59. The van der Waals surface area contributed by atoms with Crippen molar-refractivity contribution < 1.29 is 23.3 Å². The van der Waals surface area contributed by atoms with Crippen molar-refractivity contribution in [3.63, 3.8) is 0 Å². The number of halogens is 2. The lowest BCUT2D eigenvalue weighted by Crippen LogP contribution is -2.06. The summed E-state index contributed by atoms with van der Waals surface area (Å²) < 4.78 is 27.6. The van der Waals surface area contributed by atoms with Crippen molar-refractivity contribution in [1.82, 2.24) is 0 Å². The first kappa shape index (κ1) is 21.6. The molecule has 3 rings (SSSR count). The number of carbonyl (C=O) groups is 2. The molecule has 0 saturated heterocycles. The predicted molar refractivity (Wildman–Crippen MR) is 112 cm³/mol. The highest BCUT2D eigenvalue weighted by Gasteiger charge is 2.17. The van der Waals surface area contributed by atoms with Gasteiger partial charge in [0.25, 0.3) is 5.69 Å². The van der Waals surface area contributed by atoms with Crippen LogP contribution in [-0.2, 0) is 4.79 Å². The molecule has 0 spiro atoms. The third-order valence-electron chi connectivity index (χ3n) is 4.38. The zero-order valence-electron chi connectivity index (χ0n) is 16.5. The van der Waals surface area contributed by atoms with Crippen molar-refractivity contribution in [1.29, 1.82) is 0 Å². The molecule has 0 aliphatic heterocycles. The Morgan fingerprint density at radius 1 is 0.935 bits per heavy atom. The van der Waals surface area contributed by atoms with E-state index in [4.69, 9.17) is 0 Å². The third kappa shape index (κ3) is 5.08. The summed E-state index contributed by atoms with van der Waals surface area (Å²) in [5.74, 6) is -2.24. The number of Topliss-reactive ketones (excluding diaryl/α,β-unsaturated/α-hetero) is 1. The molecule has 9 heteroatoms. The summed E-state index contributed by atoms with van der Waals surface area (Å²) in [6.07, 6.45) is 0. The molecule has 0 aromatic heterocycles. The molecule has 0 aliphatic carbocycles. The lowest BCUT2D eigenvalue weighted by Gasteiger charge is -2.13. The van der Waals surface area contributed by atoms with Crippen LogP contribution < -0.4 is 10.6 Å². The van der Waals surface area contributed by atoms with Gasteiger partial charge in [0.1, 0.15) is 17.3 Å². The Labute approximate surface area is 175 Å². The van der Waals surface area contributed by atoms with Crippen LogP contribution in [0.4, 0.5) is 31.5 Å². The van der Waals surface area contributed by atoms with E-state index in [2.05, 4.69) is 10.6 Å². The van der Waals surface area contributed by atoms with Crippen molar-refractivity contribution in [2.45, 2.75) is 13.8 Å². The molecule has 0 saturated carbocycles. The van der Waals surface area contributed by atoms with Gasteiger partial charge in [0.05, 0.1) is 4.92 Å². The lowest BCUT2D eigenvalue weighted by molar-refractivity contribution is -0.383. The Morgan fingerprint density at radius 3 is 2.26 bits per heavy atom. The van der Waals surface area contributed by atoms with Crippen LogP contribution in [-0.4, -0.2) is 16.6 Å². The second-order valence-corrected chi connectivity index (χ2v) is 6.77. The van der Waals surface area contributed by atoms with Crippen molar-refractivity contribution in [2.24, 2.45) is 0 Å². The fourth-order valence-electron chi connectivity index (χ4n) is 3.02. The van der Waals surface area contributed by atoms with Crippen molar-refractivity contribution in [3.05, 3.63) is 81.9 Å². The second kappa shape index (κ2) is 8.70. The third-order valence-corrected chi connectivity index (χ3v) is 4.38. The summed E-state index contributed by atoms with van der Waals surface area (Å²) in [5, 5.41) is 16.9. The number of rotatable bonds is 6. The Hall–Kier alpha value is -4.14. The smallest absolute Gasteiger partial charge is 0.293 e. The maximum Gasteiger partial charge on any atom is 0.293 e. The van der Waals surface area contributed by atoms with Crippen LogP contribution in [0, 0.1) is 21.7 Å². The van der Waals surface area contributed by atoms with Gasteiger partial charge in [-0.2, -0.15) is 0 Å². The fourth-order valence-corrected chi connectivity index (χ4v) is 3.02. The van der Waals surface area contributed by atoms with Gasteiger partial charge in [-0.3, -0.25) is 19.7 Å². The van der Waals surface area contributed by atoms with E-state index >= 15 is 0 Å². The van der Waals surface area contributed by atoms with Gasteiger partial charge in [0.15, 0.2) is 5.78 Å². The van der Waals surface area contributed by atoms with E-state index in [1.807, 2.05) is 0 Å². The quantitative estimate of drug-likeness (QED) is 0.311. The summed E-state index contributed by atoms with van der Waals surface area (Å²) in [4.78, 5) is 33.9. The first-order chi connectivity index (χ1) is 14.6. The largest absolute Gasteiger partial charge is 0.350 e. The molecule has 0 aliphatic rings. The van der Waals surface area contributed by atoms with Gasteiger partial charge in [0.2, 0.25) is 5.91 Å². The van der Waals surface area contributed by atoms with Crippen molar-refractivity contribution in [3.8, 4) is 11.1 Å². The van der Waals surface area contributed by atoms with E-state index in [1.54, 1.807) is 0 Å². The van der Waals surface area contributed by atoms with Gasteiger partial charge in [-0.15, -0.1) is 0 Å². The van der Waals surface area contributed by atoms with Gasteiger partial charge in [0, 0.05) is 41.6 Å². The molecule has 3 aromatic carbocycles. The number of nitro benzene ring substituents is 1. The maximum absolute atomic E-state index is 14.3. The number of nitrogens with zero attached hydrogens (tertiary/aromatic N) is 1. The molecule has 0 atom stereocenters. The van der Waals surface area contributed by atoms with Crippen LogP contribution in [0.1, 0.15) is 24.2 Å². The van der Waals surface area contributed by atoms with Crippen LogP contribution in [0.3, 0.4) is 0 Å².